The number of benzene rings is 2. The standard InChI is InChI=1S/C19H20/c1-14(2)18-12-17-10-6-9-16(19(17)13-18)11-15-7-4-3-5-8-15/h3-10,13-14H,11-12H2,1-2H3. The van der Waals surface area contributed by atoms with E-state index in [0.717, 1.165) is 12.8 Å². The predicted octanol–water partition coefficient (Wildman–Crippen LogP) is 4.87. The SMILES string of the molecule is CC(C)C1=Cc2c(cccc2Cc2ccccc2)C1. The molecule has 0 bridgehead atoms. The summed E-state index contributed by atoms with van der Waals surface area (Å²) in [5.74, 6) is 0.650. The van der Waals surface area contributed by atoms with Crippen LogP contribution in [0.25, 0.3) is 6.08 Å². The van der Waals surface area contributed by atoms with Crippen molar-refractivity contribution in [3.05, 3.63) is 76.4 Å². The van der Waals surface area contributed by atoms with Gasteiger partial charge in [-0.05, 0) is 41.0 Å². The van der Waals surface area contributed by atoms with Gasteiger partial charge in [-0.15, -0.1) is 0 Å². The van der Waals surface area contributed by atoms with Gasteiger partial charge in [0.1, 0.15) is 0 Å². The van der Waals surface area contributed by atoms with E-state index in [9.17, 15) is 0 Å². The summed E-state index contributed by atoms with van der Waals surface area (Å²) in [6, 6.07) is 17.5. The van der Waals surface area contributed by atoms with Gasteiger partial charge in [0.2, 0.25) is 0 Å². The van der Waals surface area contributed by atoms with Crippen molar-refractivity contribution in [1.82, 2.24) is 0 Å². The molecular formula is C19H20. The van der Waals surface area contributed by atoms with Crippen LogP contribution in [0.3, 0.4) is 0 Å². The lowest BCUT2D eigenvalue weighted by Gasteiger charge is -2.07. The van der Waals surface area contributed by atoms with Crippen molar-refractivity contribution in [1.29, 1.82) is 0 Å². The second-order valence-electron chi connectivity index (χ2n) is 5.70. The Bertz CT molecular complexity index is 603. The first-order chi connectivity index (χ1) is 9.24. The van der Waals surface area contributed by atoms with Crippen LogP contribution in [0.4, 0.5) is 0 Å². The van der Waals surface area contributed by atoms with Crippen molar-refractivity contribution in [2.75, 3.05) is 0 Å². The Morgan fingerprint density at radius 3 is 2.47 bits per heavy atom. The van der Waals surface area contributed by atoms with E-state index in [1.807, 2.05) is 0 Å². The first-order valence-corrected chi connectivity index (χ1v) is 7.09. The number of fused-ring (bicyclic) bond motifs is 1. The fourth-order valence-electron chi connectivity index (χ4n) is 2.80. The van der Waals surface area contributed by atoms with E-state index >= 15 is 0 Å². The van der Waals surface area contributed by atoms with Gasteiger partial charge in [-0.25, -0.2) is 0 Å². The number of hydrogen-bond donors (Lipinski definition) is 0. The molecule has 2 aromatic carbocycles. The van der Waals surface area contributed by atoms with Gasteiger partial charge in [-0.3, -0.25) is 0 Å². The maximum absolute atomic E-state index is 2.41. The molecule has 1 aliphatic carbocycles. The molecule has 0 saturated heterocycles. The van der Waals surface area contributed by atoms with E-state index in [2.05, 4.69) is 68.5 Å². The number of rotatable bonds is 3. The fraction of sp³-hybridized carbons (Fsp3) is 0.263. The highest BCUT2D eigenvalue weighted by Gasteiger charge is 2.17. The van der Waals surface area contributed by atoms with E-state index in [0.29, 0.717) is 5.92 Å². The maximum Gasteiger partial charge on any atom is -0.00197 e. The molecule has 0 radical (unpaired) electrons. The lowest BCUT2D eigenvalue weighted by atomic mass is 9.97. The van der Waals surface area contributed by atoms with Crippen LogP contribution in [0, 0.1) is 5.92 Å². The molecule has 0 atom stereocenters. The third kappa shape index (κ3) is 2.49. The minimum atomic E-state index is 0.650. The van der Waals surface area contributed by atoms with E-state index in [1.54, 1.807) is 5.57 Å². The molecule has 0 fully saturated rings. The van der Waals surface area contributed by atoms with Gasteiger partial charge < -0.3 is 0 Å². The highest BCUT2D eigenvalue weighted by molar-refractivity contribution is 5.67. The monoisotopic (exact) mass is 248 g/mol. The van der Waals surface area contributed by atoms with Crippen LogP contribution in [0.2, 0.25) is 0 Å². The molecule has 0 N–H and O–H groups in total. The zero-order chi connectivity index (χ0) is 13.2. The van der Waals surface area contributed by atoms with Crippen LogP contribution in [-0.4, -0.2) is 0 Å². The van der Waals surface area contributed by atoms with Crippen molar-refractivity contribution in [2.45, 2.75) is 26.7 Å². The largest absolute Gasteiger partial charge is 0.0626 e. The van der Waals surface area contributed by atoms with Crippen LogP contribution >= 0.6 is 0 Å². The fourth-order valence-corrected chi connectivity index (χ4v) is 2.80. The van der Waals surface area contributed by atoms with Crippen LogP contribution < -0.4 is 0 Å². The first-order valence-electron chi connectivity index (χ1n) is 7.09. The van der Waals surface area contributed by atoms with Crippen molar-refractivity contribution in [3.63, 3.8) is 0 Å². The van der Waals surface area contributed by atoms with Gasteiger partial charge in [-0.1, -0.05) is 74.0 Å². The third-order valence-electron chi connectivity index (χ3n) is 3.99. The topological polar surface area (TPSA) is 0 Å². The quantitative estimate of drug-likeness (QED) is 0.726. The molecule has 0 aromatic heterocycles. The minimum Gasteiger partial charge on any atom is -0.0626 e. The van der Waals surface area contributed by atoms with Gasteiger partial charge in [0, 0.05) is 0 Å². The Balaban J connectivity index is 1.95. The highest BCUT2D eigenvalue weighted by Crippen LogP contribution is 2.32. The summed E-state index contributed by atoms with van der Waals surface area (Å²) in [5, 5.41) is 0. The predicted molar refractivity (Wildman–Crippen MR) is 82.2 cm³/mol. The molecule has 1 aliphatic rings. The number of allylic oxidation sites excluding steroid dienone is 1. The maximum atomic E-state index is 2.41. The lowest BCUT2D eigenvalue weighted by molar-refractivity contribution is 0.754. The zero-order valence-electron chi connectivity index (χ0n) is 11.7. The van der Waals surface area contributed by atoms with Gasteiger partial charge >= 0.3 is 0 Å². The summed E-state index contributed by atoms with van der Waals surface area (Å²) < 4.78 is 0. The third-order valence-corrected chi connectivity index (χ3v) is 3.99. The first kappa shape index (κ1) is 12.2. The number of hydrogen-bond acceptors (Lipinski definition) is 0. The van der Waals surface area contributed by atoms with E-state index in [-0.39, 0.29) is 0 Å². The second-order valence-corrected chi connectivity index (χ2v) is 5.70. The van der Waals surface area contributed by atoms with E-state index in [4.69, 9.17) is 0 Å². The van der Waals surface area contributed by atoms with Crippen molar-refractivity contribution >= 4 is 6.08 Å². The molecular weight excluding hydrogens is 228 g/mol. The summed E-state index contributed by atoms with van der Waals surface area (Å²) in [6.45, 7) is 4.57. The van der Waals surface area contributed by atoms with Crippen molar-refractivity contribution in [3.8, 4) is 0 Å². The molecule has 0 spiro atoms. The van der Waals surface area contributed by atoms with Crippen molar-refractivity contribution in [2.24, 2.45) is 5.92 Å². The Morgan fingerprint density at radius 1 is 0.947 bits per heavy atom. The Morgan fingerprint density at radius 2 is 1.74 bits per heavy atom. The molecule has 0 amide bonds. The van der Waals surface area contributed by atoms with Gasteiger partial charge in [0.25, 0.3) is 0 Å². The van der Waals surface area contributed by atoms with Crippen LogP contribution in [0.5, 0.6) is 0 Å². The summed E-state index contributed by atoms with van der Waals surface area (Å²) in [5.41, 5.74) is 7.38. The van der Waals surface area contributed by atoms with Crippen molar-refractivity contribution < 1.29 is 0 Å². The molecule has 2 aromatic rings. The average molecular weight is 248 g/mol. The summed E-state index contributed by atoms with van der Waals surface area (Å²) in [7, 11) is 0. The van der Waals surface area contributed by atoms with E-state index < -0.39 is 0 Å². The molecule has 0 aliphatic heterocycles. The molecule has 0 unspecified atom stereocenters. The Kier molecular flexibility index (Phi) is 3.25. The average Bonchev–Trinajstić information content (AvgIpc) is 2.85. The smallest absolute Gasteiger partial charge is 0.00197 e. The zero-order valence-corrected chi connectivity index (χ0v) is 11.7. The minimum absolute atomic E-state index is 0.650. The Hall–Kier alpha value is -1.82. The normalized spacial score (nSPS) is 13.5. The lowest BCUT2D eigenvalue weighted by Crippen LogP contribution is -1.94. The molecule has 0 heteroatoms. The van der Waals surface area contributed by atoms with E-state index in [1.165, 1.54) is 22.3 Å². The molecule has 19 heavy (non-hydrogen) atoms. The Labute approximate surface area is 115 Å². The van der Waals surface area contributed by atoms with Crippen LogP contribution in [0.1, 0.15) is 36.1 Å². The van der Waals surface area contributed by atoms with Gasteiger partial charge in [0.15, 0.2) is 0 Å². The molecule has 0 saturated carbocycles. The summed E-state index contributed by atoms with van der Waals surface area (Å²) >= 11 is 0. The highest BCUT2D eigenvalue weighted by atomic mass is 14.2. The summed E-state index contributed by atoms with van der Waals surface area (Å²) in [4.78, 5) is 0. The van der Waals surface area contributed by atoms with Gasteiger partial charge in [0.05, 0.1) is 0 Å². The molecule has 96 valence electrons. The van der Waals surface area contributed by atoms with Gasteiger partial charge in [-0.2, -0.15) is 0 Å². The molecule has 0 nitrogen and oxygen atoms in total. The summed E-state index contributed by atoms with van der Waals surface area (Å²) in [6.07, 6.45) is 4.58. The molecule has 3 rings (SSSR count). The molecule has 0 heterocycles. The van der Waals surface area contributed by atoms with Crippen LogP contribution in [-0.2, 0) is 12.8 Å². The van der Waals surface area contributed by atoms with Crippen LogP contribution in [0.15, 0.2) is 54.1 Å². The second kappa shape index (κ2) is 5.05.